The minimum absolute atomic E-state index is 0.0496. The number of alkyl halides is 3. The number of aliphatic hydroxyl groups is 1. The van der Waals surface area contributed by atoms with Crippen molar-refractivity contribution in [3.8, 4) is 17.1 Å². The van der Waals surface area contributed by atoms with Crippen molar-refractivity contribution in [1.82, 2.24) is 9.80 Å². The maximum Gasteiger partial charge on any atom is 0.407 e. The molecular weight excluding hydrogens is 579 g/mol. The first kappa shape index (κ1) is 30.0. The van der Waals surface area contributed by atoms with Gasteiger partial charge in [-0.1, -0.05) is 23.7 Å². The minimum Gasteiger partial charge on any atom is -0.507 e. The van der Waals surface area contributed by atoms with Crippen molar-refractivity contribution >= 4 is 34.4 Å². The fraction of sp³-hybridized carbons (Fsp3) is 0.448. The Bertz CT molecular complexity index is 1550. The summed E-state index contributed by atoms with van der Waals surface area (Å²) in [5.74, 6) is -0.787. The highest BCUT2D eigenvalue weighted by Gasteiger charge is 2.40. The summed E-state index contributed by atoms with van der Waals surface area (Å²) in [5.41, 5.74) is 0.772. The number of likely N-dealkylation sites (tertiary alicyclic amines) is 1. The molecule has 2 aliphatic rings. The molecule has 2 saturated heterocycles. The summed E-state index contributed by atoms with van der Waals surface area (Å²) < 4.78 is 46.1. The largest absolute Gasteiger partial charge is 0.507 e. The van der Waals surface area contributed by atoms with Crippen molar-refractivity contribution in [2.75, 3.05) is 44.7 Å². The molecule has 9 nitrogen and oxygen atoms in total. The van der Waals surface area contributed by atoms with Crippen LogP contribution in [0.15, 0.2) is 45.6 Å². The van der Waals surface area contributed by atoms with Crippen molar-refractivity contribution in [1.29, 1.82) is 0 Å². The van der Waals surface area contributed by atoms with Crippen LogP contribution in [-0.4, -0.2) is 89.3 Å². The number of phenols is 1. The van der Waals surface area contributed by atoms with Gasteiger partial charge < -0.3 is 29.5 Å². The van der Waals surface area contributed by atoms with Gasteiger partial charge in [0, 0.05) is 54.5 Å². The lowest BCUT2D eigenvalue weighted by Crippen LogP contribution is -2.53. The van der Waals surface area contributed by atoms with E-state index >= 15 is 0 Å². The average Bonchev–Trinajstić information content (AvgIpc) is 2.91. The lowest BCUT2D eigenvalue weighted by atomic mass is 9.84. The Morgan fingerprint density at radius 1 is 1.17 bits per heavy atom. The summed E-state index contributed by atoms with van der Waals surface area (Å²) in [7, 11) is 1.86. The number of phenolic OH excluding ortho intramolecular Hbond substituents is 1. The summed E-state index contributed by atoms with van der Waals surface area (Å²) >= 11 is 6.39. The Labute approximate surface area is 244 Å². The molecule has 13 heteroatoms. The third kappa shape index (κ3) is 6.02. The second-order valence-electron chi connectivity index (χ2n) is 11.0. The monoisotopic (exact) mass is 609 g/mol. The van der Waals surface area contributed by atoms with E-state index < -0.39 is 48.1 Å². The first-order valence-corrected chi connectivity index (χ1v) is 14.0. The lowest BCUT2D eigenvalue weighted by Gasteiger charge is -2.42. The van der Waals surface area contributed by atoms with Gasteiger partial charge >= 0.3 is 12.3 Å². The molecular formula is C29H31ClF3N3O6. The van der Waals surface area contributed by atoms with E-state index in [4.69, 9.17) is 16.0 Å². The quantitative estimate of drug-likeness (QED) is 0.365. The van der Waals surface area contributed by atoms with Crippen LogP contribution in [0.25, 0.3) is 22.3 Å². The third-order valence-electron chi connectivity index (χ3n) is 8.07. The van der Waals surface area contributed by atoms with E-state index in [1.165, 1.54) is 12.1 Å². The normalized spacial score (nSPS) is 22.0. The molecule has 0 aliphatic carbocycles. The number of benzene rings is 2. The predicted molar refractivity (Wildman–Crippen MR) is 151 cm³/mol. The number of likely N-dealkylation sites (N-methyl/N-ethyl adjacent to an activating group) is 1. The van der Waals surface area contributed by atoms with Gasteiger partial charge in [-0.3, -0.25) is 9.69 Å². The summed E-state index contributed by atoms with van der Waals surface area (Å²) in [6.45, 7) is -0.413. The molecule has 1 amide bonds. The lowest BCUT2D eigenvalue weighted by molar-refractivity contribution is -0.146. The van der Waals surface area contributed by atoms with Crippen molar-refractivity contribution in [2.45, 2.75) is 43.5 Å². The summed E-state index contributed by atoms with van der Waals surface area (Å²) in [4.78, 5) is 29.3. The third-order valence-corrected chi connectivity index (χ3v) is 8.40. The molecule has 226 valence electrons. The standard InChI is InChI=1S/C29H31ClF3N3O6/c1-34-10-8-18(23(39)14-34)25-20(35-9-4-5-16(13-35)36(28(40)41)15-29(31,32)33)11-21(37)26-22(38)12-24(42-27(25)26)17-6-2-3-7-19(17)30/h2-3,6-7,11-12,16,18,23,37,39H,4-5,8-10,13-15H2,1H3,(H,40,41)/t16?,18-,23+/m0/s1. The molecule has 42 heavy (non-hydrogen) atoms. The molecule has 0 spiro atoms. The van der Waals surface area contributed by atoms with E-state index in [1.54, 1.807) is 29.2 Å². The number of hydrogen-bond donors (Lipinski definition) is 3. The number of aromatic hydroxyl groups is 1. The van der Waals surface area contributed by atoms with Crippen LogP contribution in [0.3, 0.4) is 0 Å². The van der Waals surface area contributed by atoms with Crippen molar-refractivity contribution in [2.24, 2.45) is 0 Å². The number of halogens is 4. The van der Waals surface area contributed by atoms with Crippen LogP contribution in [0.5, 0.6) is 5.75 Å². The first-order chi connectivity index (χ1) is 19.8. The molecule has 0 bridgehead atoms. The van der Waals surface area contributed by atoms with Crippen LogP contribution in [0.4, 0.5) is 23.7 Å². The second kappa shape index (κ2) is 11.7. The van der Waals surface area contributed by atoms with E-state index in [0.29, 0.717) is 59.2 Å². The zero-order valence-electron chi connectivity index (χ0n) is 22.8. The molecule has 1 aromatic heterocycles. The molecule has 5 rings (SSSR count). The highest BCUT2D eigenvalue weighted by Crippen LogP contribution is 2.44. The number of carbonyl (C=O) groups is 1. The van der Waals surface area contributed by atoms with E-state index in [9.17, 15) is 38.1 Å². The second-order valence-corrected chi connectivity index (χ2v) is 11.4. The van der Waals surface area contributed by atoms with Crippen LogP contribution < -0.4 is 10.3 Å². The molecule has 2 aliphatic heterocycles. The van der Waals surface area contributed by atoms with E-state index in [0.717, 1.165) is 0 Å². The number of hydrogen-bond acceptors (Lipinski definition) is 7. The van der Waals surface area contributed by atoms with Gasteiger partial charge in [-0.25, -0.2) is 4.79 Å². The van der Waals surface area contributed by atoms with Crippen LogP contribution in [-0.2, 0) is 0 Å². The van der Waals surface area contributed by atoms with Gasteiger partial charge in [0.1, 0.15) is 29.0 Å². The SMILES string of the molecule is CN1CC[C@H](c2c(N3CCCC(N(CC(F)(F)F)C(=O)O)C3)cc(O)c3c(=O)cc(-c4ccccc4Cl)oc23)[C@H](O)C1. The van der Waals surface area contributed by atoms with E-state index in [2.05, 4.69) is 0 Å². The molecule has 0 radical (unpaired) electrons. The van der Waals surface area contributed by atoms with Gasteiger partial charge in [-0.15, -0.1) is 0 Å². The number of nitrogens with zero attached hydrogens (tertiary/aromatic N) is 3. The number of anilines is 1. The smallest absolute Gasteiger partial charge is 0.407 e. The first-order valence-electron chi connectivity index (χ1n) is 13.6. The molecule has 3 aromatic rings. The Hall–Kier alpha value is -3.48. The fourth-order valence-electron chi connectivity index (χ4n) is 6.14. The Morgan fingerprint density at radius 3 is 2.57 bits per heavy atom. The molecule has 2 fully saturated rings. The number of aliphatic hydroxyl groups excluding tert-OH is 1. The van der Waals surface area contributed by atoms with Crippen molar-refractivity contribution in [3.05, 3.63) is 57.2 Å². The Balaban J connectivity index is 1.69. The van der Waals surface area contributed by atoms with Gasteiger partial charge in [0.15, 0.2) is 5.43 Å². The minimum atomic E-state index is -4.72. The van der Waals surface area contributed by atoms with Gasteiger partial charge in [-0.05, 0) is 45.0 Å². The number of amides is 1. The van der Waals surface area contributed by atoms with Crippen molar-refractivity contribution in [3.63, 3.8) is 0 Å². The predicted octanol–water partition coefficient (Wildman–Crippen LogP) is 5.11. The van der Waals surface area contributed by atoms with Gasteiger partial charge in [-0.2, -0.15) is 13.2 Å². The molecule has 0 saturated carbocycles. The van der Waals surface area contributed by atoms with Crippen LogP contribution in [0.1, 0.15) is 30.7 Å². The number of rotatable bonds is 5. The molecule has 3 N–H and O–H groups in total. The van der Waals surface area contributed by atoms with Crippen LogP contribution in [0, 0.1) is 0 Å². The summed E-state index contributed by atoms with van der Waals surface area (Å²) in [6.07, 6.45) is -6.21. The maximum absolute atomic E-state index is 13.4. The van der Waals surface area contributed by atoms with Crippen LogP contribution >= 0.6 is 11.6 Å². The molecule has 3 heterocycles. The maximum atomic E-state index is 13.4. The highest BCUT2D eigenvalue weighted by atomic mass is 35.5. The molecule has 3 atom stereocenters. The fourth-order valence-corrected chi connectivity index (χ4v) is 6.36. The van der Waals surface area contributed by atoms with Crippen LogP contribution in [0.2, 0.25) is 5.02 Å². The average molecular weight is 610 g/mol. The number of fused-ring (bicyclic) bond motifs is 1. The number of carboxylic acid groups (broad SMARTS) is 1. The van der Waals surface area contributed by atoms with E-state index in [-0.39, 0.29) is 29.7 Å². The molecule has 1 unspecified atom stereocenters. The number of β-amino-alcohol motifs (C(OH)–C–C–N with tert-alkyl or cyclic N) is 1. The van der Waals surface area contributed by atoms with Gasteiger partial charge in [0.2, 0.25) is 0 Å². The topological polar surface area (TPSA) is 118 Å². The Morgan fingerprint density at radius 2 is 1.90 bits per heavy atom. The summed E-state index contributed by atoms with van der Waals surface area (Å²) in [6, 6.07) is 8.39. The van der Waals surface area contributed by atoms with E-state index in [1.807, 2.05) is 11.9 Å². The van der Waals surface area contributed by atoms with Gasteiger partial charge in [0.05, 0.1) is 17.2 Å². The molecule has 2 aromatic carbocycles. The van der Waals surface area contributed by atoms with Crippen molar-refractivity contribution < 1.29 is 37.7 Å². The zero-order chi connectivity index (χ0) is 30.3. The zero-order valence-corrected chi connectivity index (χ0v) is 23.5. The van der Waals surface area contributed by atoms with Gasteiger partial charge in [0.25, 0.3) is 0 Å². The Kier molecular flexibility index (Phi) is 8.32. The number of piperidine rings is 2. The highest BCUT2D eigenvalue weighted by molar-refractivity contribution is 6.33. The summed E-state index contributed by atoms with van der Waals surface area (Å²) in [5, 5.41) is 32.2.